The maximum Gasteiger partial charge on any atom is 0.119 e. The van der Waals surface area contributed by atoms with E-state index in [0.717, 1.165) is 6.42 Å². The van der Waals surface area contributed by atoms with Gasteiger partial charge >= 0.3 is 0 Å². The summed E-state index contributed by atoms with van der Waals surface area (Å²) in [5.74, 6) is 0.682. The summed E-state index contributed by atoms with van der Waals surface area (Å²) in [5, 5.41) is 0. The van der Waals surface area contributed by atoms with E-state index >= 15 is 0 Å². The van der Waals surface area contributed by atoms with Crippen LogP contribution in [-0.4, -0.2) is 15.4 Å². The minimum Gasteiger partial charge on any atom is -0.768 e. The third-order valence-corrected chi connectivity index (χ3v) is 2.96. The Morgan fingerprint density at radius 1 is 1.44 bits per heavy atom. The summed E-state index contributed by atoms with van der Waals surface area (Å²) in [5.41, 5.74) is 1.22. The molecule has 0 aliphatic carbocycles. The molecule has 0 aliphatic heterocycles. The Morgan fingerprint density at radius 2 is 2.06 bits per heavy atom. The van der Waals surface area contributed by atoms with Gasteiger partial charge in [-0.1, -0.05) is 13.0 Å². The summed E-state index contributed by atoms with van der Waals surface area (Å²) in [6, 6.07) is 6.38. The molecule has 0 aromatic heterocycles. The molecule has 0 radical (unpaired) electrons. The van der Waals surface area contributed by atoms with E-state index in [1.807, 2.05) is 13.0 Å². The van der Waals surface area contributed by atoms with Gasteiger partial charge in [0.15, 0.2) is 0 Å². The van der Waals surface area contributed by atoms with Crippen LogP contribution in [0.4, 0.5) is 0 Å². The highest BCUT2D eigenvalue weighted by atomic mass is 32.2. The fraction of sp³-hybridized carbons (Fsp3) is 0.333. The van der Waals surface area contributed by atoms with Gasteiger partial charge in [0.2, 0.25) is 0 Å². The standard InChI is InChI=1S/C12H16O3S/c1-3-10(4-2)9-15-11-5-7-12(8-6-11)16(13)14/h3,5-8H,4,9H2,1-2H3,(H,13,14)/p-1/b10-3+. The van der Waals surface area contributed by atoms with E-state index < -0.39 is 11.1 Å². The van der Waals surface area contributed by atoms with Gasteiger partial charge in [-0.15, -0.1) is 0 Å². The minimum absolute atomic E-state index is 0.272. The van der Waals surface area contributed by atoms with Crippen LogP contribution in [-0.2, 0) is 11.1 Å². The highest BCUT2D eigenvalue weighted by molar-refractivity contribution is 7.79. The Labute approximate surface area is 98.4 Å². The molecule has 0 spiro atoms. The van der Waals surface area contributed by atoms with Gasteiger partial charge in [-0.3, -0.25) is 4.21 Å². The second-order valence-corrected chi connectivity index (χ2v) is 4.24. The summed E-state index contributed by atoms with van der Waals surface area (Å²) in [6.07, 6.45) is 2.99. The van der Waals surface area contributed by atoms with Crippen molar-refractivity contribution in [2.24, 2.45) is 0 Å². The molecule has 0 amide bonds. The van der Waals surface area contributed by atoms with Gasteiger partial charge in [-0.05, 0) is 54.3 Å². The molecule has 0 N–H and O–H groups in total. The summed E-state index contributed by atoms with van der Waals surface area (Å²) in [6.45, 7) is 4.60. The Morgan fingerprint density at radius 3 is 2.50 bits per heavy atom. The molecule has 1 aromatic rings. The topological polar surface area (TPSA) is 49.4 Å². The fourth-order valence-electron chi connectivity index (χ4n) is 1.21. The van der Waals surface area contributed by atoms with Crippen LogP contribution >= 0.6 is 0 Å². The molecule has 0 bridgehead atoms. The molecular weight excluding hydrogens is 224 g/mol. The first-order valence-electron chi connectivity index (χ1n) is 5.13. The maximum absolute atomic E-state index is 10.6. The highest BCUT2D eigenvalue weighted by Gasteiger charge is 1.97. The summed E-state index contributed by atoms with van der Waals surface area (Å²) >= 11 is -2.17. The number of ether oxygens (including phenoxy) is 1. The molecule has 0 heterocycles. The third kappa shape index (κ3) is 3.79. The van der Waals surface area contributed by atoms with Crippen molar-refractivity contribution in [1.82, 2.24) is 0 Å². The Kier molecular flexibility index (Phi) is 5.22. The molecule has 1 unspecified atom stereocenters. The average Bonchev–Trinajstić information content (AvgIpc) is 2.31. The van der Waals surface area contributed by atoms with Crippen LogP contribution in [0.15, 0.2) is 40.8 Å². The zero-order chi connectivity index (χ0) is 12.0. The predicted molar refractivity (Wildman–Crippen MR) is 63.2 cm³/mol. The quantitative estimate of drug-likeness (QED) is 0.586. The van der Waals surface area contributed by atoms with Crippen LogP contribution in [0.25, 0.3) is 0 Å². The van der Waals surface area contributed by atoms with E-state index in [0.29, 0.717) is 12.4 Å². The van der Waals surface area contributed by atoms with Crippen molar-refractivity contribution in [2.45, 2.75) is 25.2 Å². The third-order valence-electron chi connectivity index (χ3n) is 2.30. The molecule has 16 heavy (non-hydrogen) atoms. The average molecular weight is 239 g/mol. The van der Waals surface area contributed by atoms with Gasteiger partial charge in [0.1, 0.15) is 12.4 Å². The second-order valence-electron chi connectivity index (χ2n) is 3.30. The van der Waals surface area contributed by atoms with Crippen molar-refractivity contribution in [2.75, 3.05) is 6.61 Å². The molecule has 0 aliphatic rings. The molecule has 1 aromatic carbocycles. The van der Waals surface area contributed by atoms with Crippen molar-refractivity contribution in [3.63, 3.8) is 0 Å². The van der Waals surface area contributed by atoms with E-state index in [1.54, 1.807) is 12.1 Å². The summed E-state index contributed by atoms with van der Waals surface area (Å²) in [4.78, 5) is 0.272. The first-order chi connectivity index (χ1) is 7.67. The lowest BCUT2D eigenvalue weighted by atomic mass is 10.2. The van der Waals surface area contributed by atoms with Crippen LogP contribution in [0.1, 0.15) is 20.3 Å². The van der Waals surface area contributed by atoms with E-state index in [2.05, 4.69) is 6.92 Å². The Bertz CT molecular complexity index is 382. The predicted octanol–water partition coefficient (Wildman–Crippen LogP) is 2.66. The SMILES string of the molecule is C/C=C(\CC)COc1ccc(S(=O)[O-])cc1. The number of hydrogen-bond donors (Lipinski definition) is 0. The lowest BCUT2D eigenvalue weighted by molar-refractivity contribution is 0.348. The van der Waals surface area contributed by atoms with E-state index in [9.17, 15) is 8.76 Å². The first kappa shape index (κ1) is 12.9. The Hall–Kier alpha value is -1.13. The summed E-state index contributed by atoms with van der Waals surface area (Å²) < 4.78 is 26.8. The highest BCUT2D eigenvalue weighted by Crippen LogP contribution is 2.15. The van der Waals surface area contributed by atoms with Gasteiger partial charge in [-0.2, -0.15) is 0 Å². The first-order valence-corrected chi connectivity index (χ1v) is 6.21. The minimum atomic E-state index is -2.17. The molecule has 3 nitrogen and oxygen atoms in total. The smallest absolute Gasteiger partial charge is 0.119 e. The van der Waals surface area contributed by atoms with Crippen molar-refractivity contribution in [3.05, 3.63) is 35.9 Å². The van der Waals surface area contributed by atoms with Gasteiger partial charge in [0, 0.05) is 4.90 Å². The zero-order valence-electron chi connectivity index (χ0n) is 9.43. The molecule has 0 saturated heterocycles. The van der Waals surface area contributed by atoms with E-state index in [-0.39, 0.29) is 4.90 Å². The Balaban J connectivity index is 2.59. The monoisotopic (exact) mass is 239 g/mol. The van der Waals surface area contributed by atoms with Crippen molar-refractivity contribution >= 4 is 11.1 Å². The van der Waals surface area contributed by atoms with Crippen molar-refractivity contribution in [1.29, 1.82) is 0 Å². The zero-order valence-corrected chi connectivity index (χ0v) is 10.3. The molecule has 0 saturated carbocycles. The fourth-order valence-corrected chi connectivity index (χ4v) is 1.57. The van der Waals surface area contributed by atoms with Gasteiger partial charge in [0.05, 0.1) is 0 Å². The van der Waals surface area contributed by atoms with Crippen LogP contribution in [0.2, 0.25) is 0 Å². The van der Waals surface area contributed by atoms with Crippen LogP contribution in [0.5, 0.6) is 5.75 Å². The van der Waals surface area contributed by atoms with Crippen LogP contribution < -0.4 is 4.74 Å². The summed E-state index contributed by atoms with van der Waals surface area (Å²) in [7, 11) is 0. The van der Waals surface area contributed by atoms with Gasteiger partial charge < -0.3 is 9.29 Å². The molecular formula is C12H15O3S-. The lowest BCUT2D eigenvalue weighted by Crippen LogP contribution is -2.00. The largest absolute Gasteiger partial charge is 0.768 e. The molecule has 0 fully saturated rings. The number of benzene rings is 1. The maximum atomic E-state index is 10.6. The van der Waals surface area contributed by atoms with Crippen molar-refractivity contribution < 1.29 is 13.5 Å². The molecule has 1 atom stereocenters. The molecule has 1 rings (SSSR count). The van der Waals surface area contributed by atoms with Crippen LogP contribution in [0, 0.1) is 0 Å². The van der Waals surface area contributed by atoms with E-state index in [1.165, 1.54) is 17.7 Å². The van der Waals surface area contributed by atoms with Crippen LogP contribution in [0.3, 0.4) is 0 Å². The van der Waals surface area contributed by atoms with E-state index in [4.69, 9.17) is 4.74 Å². The number of hydrogen-bond acceptors (Lipinski definition) is 3. The van der Waals surface area contributed by atoms with Gasteiger partial charge in [0.25, 0.3) is 0 Å². The molecule has 88 valence electrons. The van der Waals surface area contributed by atoms with Crippen molar-refractivity contribution in [3.8, 4) is 5.75 Å². The lowest BCUT2D eigenvalue weighted by Gasteiger charge is -2.09. The second kappa shape index (κ2) is 6.45. The number of allylic oxidation sites excluding steroid dienone is 1. The normalized spacial score (nSPS) is 13.6. The molecule has 4 heteroatoms. The number of rotatable bonds is 5. The van der Waals surface area contributed by atoms with Gasteiger partial charge in [-0.25, -0.2) is 0 Å².